The smallest absolute Gasteiger partial charge is 0.408 e. The maximum absolute atomic E-state index is 12.0. The van der Waals surface area contributed by atoms with Crippen molar-refractivity contribution >= 4 is 16.8 Å². The van der Waals surface area contributed by atoms with E-state index in [0.717, 1.165) is 17.7 Å². The maximum atomic E-state index is 12.0. The van der Waals surface area contributed by atoms with Crippen LogP contribution in [0.15, 0.2) is 27.4 Å². The fourth-order valence-corrected chi connectivity index (χ4v) is 2.94. The van der Waals surface area contributed by atoms with Gasteiger partial charge in [0, 0.05) is 13.6 Å². The zero-order valence-corrected chi connectivity index (χ0v) is 10.6. The van der Waals surface area contributed by atoms with Gasteiger partial charge in [-0.3, -0.25) is 4.57 Å². The molecule has 0 amide bonds. The van der Waals surface area contributed by atoms with Gasteiger partial charge in [-0.1, -0.05) is 18.9 Å². The molecule has 0 unspecified atom stereocenters. The molecule has 1 aromatic carbocycles. The Balaban J connectivity index is 2.08. The largest absolute Gasteiger partial charge is 0.420 e. The molecule has 0 radical (unpaired) electrons. The third-order valence-corrected chi connectivity index (χ3v) is 3.87. The summed E-state index contributed by atoms with van der Waals surface area (Å²) in [5.41, 5.74) is 2.53. The van der Waals surface area contributed by atoms with Crippen molar-refractivity contribution in [3.63, 3.8) is 0 Å². The van der Waals surface area contributed by atoms with Gasteiger partial charge in [0.15, 0.2) is 5.58 Å². The van der Waals surface area contributed by atoms with Crippen LogP contribution in [0.1, 0.15) is 25.7 Å². The highest BCUT2D eigenvalue weighted by Gasteiger charge is 2.20. The molecule has 0 aliphatic heterocycles. The molecule has 1 heterocycles. The minimum atomic E-state index is -0.236. The van der Waals surface area contributed by atoms with Gasteiger partial charge in [-0.15, -0.1) is 0 Å². The number of hydrogen-bond donors (Lipinski definition) is 1. The van der Waals surface area contributed by atoms with Crippen LogP contribution >= 0.6 is 0 Å². The first-order valence-electron chi connectivity index (χ1n) is 6.59. The Kier molecular flexibility index (Phi) is 2.86. The molecule has 96 valence electrons. The van der Waals surface area contributed by atoms with Gasteiger partial charge < -0.3 is 9.73 Å². The number of nitrogens with zero attached hydrogens (tertiary/aromatic N) is 1. The first-order valence-corrected chi connectivity index (χ1v) is 6.59. The molecule has 4 nitrogen and oxygen atoms in total. The number of oxazole rings is 1. The number of hydrogen-bond acceptors (Lipinski definition) is 3. The summed E-state index contributed by atoms with van der Waals surface area (Å²) >= 11 is 0. The average Bonchev–Trinajstić information content (AvgIpc) is 2.98. The third-order valence-electron chi connectivity index (χ3n) is 3.87. The summed E-state index contributed by atoms with van der Waals surface area (Å²) in [5, 5.41) is 3.13. The fraction of sp³-hybridized carbons (Fsp3) is 0.500. The van der Waals surface area contributed by atoms with Crippen molar-refractivity contribution < 1.29 is 4.42 Å². The fourth-order valence-electron chi connectivity index (χ4n) is 2.94. The van der Waals surface area contributed by atoms with E-state index >= 15 is 0 Å². The Labute approximate surface area is 106 Å². The molecule has 0 spiro atoms. The second kappa shape index (κ2) is 4.52. The Morgan fingerprint density at radius 3 is 2.89 bits per heavy atom. The second-order valence-electron chi connectivity index (χ2n) is 5.03. The van der Waals surface area contributed by atoms with Gasteiger partial charge in [-0.2, -0.15) is 0 Å². The standard InChI is InChI=1S/C14H18N2O2/c1-15-11-7-4-8-12-13(11)16(14(17)18-12)9-10-5-2-3-6-10/h4,7-8,10,15H,2-3,5-6,9H2,1H3. The van der Waals surface area contributed by atoms with Crippen molar-refractivity contribution in [1.29, 1.82) is 0 Å². The number of rotatable bonds is 3. The molecule has 0 saturated heterocycles. The van der Waals surface area contributed by atoms with E-state index in [4.69, 9.17) is 4.42 Å². The van der Waals surface area contributed by atoms with Crippen LogP contribution < -0.4 is 11.1 Å². The van der Waals surface area contributed by atoms with Gasteiger partial charge >= 0.3 is 5.76 Å². The van der Waals surface area contributed by atoms with Gasteiger partial charge in [0.2, 0.25) is 0 Å². The van der Waals surface area contributed by atoms with Crippen molar-refractivity contribution in [2.75, 3.05) is 12.4 Å². The van der Waals surface area contributed by atoms with Gasteiger partial charge in [-0.25, -0.2) is 4.79 Å². The zero-order chi connectivity index (χ0) is 12.5. The normalized spacial score (nSPS) is 16.5. The highest BCUT2D eigenvalue weighted by molar-refractivity contribution is 5.86. The monoisotopic (exact) mass is 246 g/mol. The van der Waals surface area contributed by atoms with E-state index in [-0.39, 0.29) is 5.76 Å². The van der Waals surface area contributed by atoms with Crippen LogP contribution in [-0.2, 0) is 6.54 Å². The van der Waals surface area contributed by atoms with Crippen LogP contribution in [0.2, 0.25) is 0 Å². The lowest BCUT2D eigenvalue weighted by molar-refractivity contribution is 0.423. The van der Waals surface area contributed by atoms with Gasteiger partial charge in [0.25, 0.3) is 0 Å². The average molecular weight is 246 g/mol. The van der Waals surface area contributed by atoms with Crippen molar-refractivity contribution in [2.24, 2.45) is 5.92 Å². The van der Waals surface area contributed by atoms with Crippen LogP contribution in [0.25, 0.3) is 11.1 Å². The van der Waals surface area contributed by atoms with E-state index in [9.17, 15) is 4.79 Å². The molecule has 1 saturated carbocycles. The molecule has 4 heteroatoms. The summed E-state index contributed by atoms with van der Waals surface area (Å²) in [5.74, 6) is 0.382. The molecule has 2 aromatic rings. The summed E-state index contributed by atoms with van der Waals surface area (Å²) in [7, 11) is 1.87. The van der Waals surface area contributed by atoms with Gasteiger partial charge in [0.05, 0.1) is 5.69 Å². The van der Waals surface area contributed by atoms with Crippen LogP contribution in [-0.4, -0.2) is 11.6 Å². The minimum absolute atomic E-state index is 0.236. The number of aromatic nitrogens is 1. The van der Waals surface area contributed by atoms with E-state index in [2.05, 4.69) is 5.32 Å². The SMILES string of the molecule is CNc1cccc2oc(=O)n(CC3CCCC3)c12. The van der Waals surface area contributed by atoms with Crippen molar-refractivity contribution in [2.45, 2.75) is 32.2 Å². The van der Waals surface area contributed by atoms with Crippen molar-refractivity contribution in [3.05, 3.63) is 28.7 Å². The summed E-state index contributed by atoms with van der Waals surface area (Å²) in [6, 6.07) is 5.72. The van der Waals surface area contributed by atoms with Crippen LogP contribution in [0.4, 0.5) is 5.69 Å². The molecule has 1 aliphatic rings. The molecular weight excluding hydrogens is 228 g/mol. The topological polar surface area (TPSA) is 47.2 Å². The number of nitrogens with one attached hydrogen (secondary N) is 1. The van der Waals surface area contributed by atoms with Crippen molar-refractivity contribution in [3.8, 4) is 0 Å². The highest BCUT2D eigenvalue weighted by Crippen LogP contribution is 2.28. The molecule has 1 aliphatic carbocycles. The van der Waals surface area contributed by atoms with E-state index < -0.39 is 0 Å². The summed E-state index contributed by atoms with van der Waals surface area (Å²) < 4.78 is 7.11. The number of fused-ring (bicyclic) bond motifs is 1. The minimum Gasteiger partial charge on any atom is -0.408 e. The zero-order valence-electron chi connectivity index (χ0n) is 10.6. The van der Waals surface area contributed by atoms with E-state index in [1.807, 2.05) is 25.2 Å². The van der Waals surface area contributed by atoms with Gasteiger partial charge in [-0.05, 0) is 30.9 Å². The molecule has 0 bridgehead atoms. The summed E-state index contributed by atoms with van der Waals surface area (Å²) in [6.07, 6.45) is 5.02. The Morgan fingerprint density at radius 2 is 2.17 bits per heavy atom. The lowest BCUT2D eigenvalue weighted by Gasteiger charge is -2.10. The maximum Gasteiger partial charge on any atom is 0.420 e. The predicted octanol–water partition coefficient (Wildman–Crippen LogP) is 2.83. The molecule has 1 fully saturated rings. The lowest BCUT2D eigenvalue weighted by Crippen LogP contribution is -2.19. The highest BCUT2D eigenvalue weighted by atomic mass is 16.4. The number of anilines is 1. The molecule has 1 N–H and O–H groups in total. The first kappa shape index (κ1) is 11.4. The third kappa shape index (κ3) is 1.82. The van der Waals surface area contributed by atoms with Crippen LogP contribution in [0.3, 0.4) is 0 Å². The summed E-state index contributed by atoms with van der Waals surface area (Å²) in [4.78, 5) is 12.0. The second-order valence-corrected chi connectivity index (χ2v) is 5.03. The molecule has 1 aromatic heterocycles. The molecule has 3 rings (SSSR count). The Hall–Kier alpha value is -1.71. The molecule has 0 atom stereocenters. The number of benzene rings is 1. The summed E-state index contributed by atoms with van der Waals surface area (Å²) in [6.45, 7) is 0.782. The Morgan fingerprint density at radius 1 is 1.39 bits per heavy atom. The van der Waals surface area contributed by atoms with E-state index in [1.54, 1.807) is 4.57 Å². The van der Waals surface area contributed by atoms with Gasteiger partial charge in [0.1, 0.15) is 5.52 Å². The quantitative estimate of drug-likeness (QED) is 0.905. The van der Waals surface area contributed by atoms with E-state index in [1.165, 1.54) is 25.7 Å². The van der Waals surface area contributed by atoms with Crippen LogP contribution in [0.5, 0.6) is 0 Å². The Bertz CT molecular complexity index is 606. The lowest BCUT2D eigenvalue weighted by atomic mass is 10.1. The molecule has 18 heavy (non-hydrogen) atoms. The van der Waals surface area contributed by atoms with Crippen LogP contribution in [0, 0.1) is 5.92 Å². The number of para-hydroxylation sites is 1. The predicted molar refractivity (Wildman–Crippen MR) is 72.0 cm³/mol. The molecular formula is C14H18N2O2. The van der Waals surface area contributed by atoms with E-state index in [0.29, 0.717) is 11.5 Å². The first-order chi connectivity index (χ1) is 8.79. The van der Waals surface area contributed by atoms with Crippen molar-refractivity contribution in [1.82, 2.24) is 4.57 Å².